The second kappa shape index (κ2) is 6.69. The highest BCUT2D eigenvalue weighted by atomic mass is 79.9. The number of aliphatic hydroxyl groups excluding tert-OH is 1. The molecule has 20 heavy (non-hydrogen) atoms. The molecule has 0 spiro atoms. The smallest absolute Gasteiger partial charge is 0.101 e. The summed E-state index contributed by atoms with van der Waals surface area (Å²) in [4.78, 5) is 4.07. The van der Waals surface area contributed by atoms with Crippen molar-refractivity contribution in [2.24, 2.45) is 0 Å². The molecule has 103 valence electrons. The van der Waals surface area contributed by atoms with Crippen molar-refractivity contribution in [3.63, 3.8) is 0 Å². The van der Waals surface area contributed by atoms with Gasteiger partial charge < -0.3 is 9.67 Å². The van der Waals surface area contributed by atoms with Crippen LogP contribution in [0, 0.1) is 18.3 Å². The molecule has 0 aliphatic carbocycles. The van der Waals surface area contributed by atoms with Crippen LogP contribution in [0.25, 0.3) is 0 Å². The van der Waals surface area contributed by atoms with E-state index in [2.05, 4.69) is 33.9 Å². The number of rotatable bonds is 5. The Morgan fingerprint density at radius 1 is 1.50 bits per heavy atom. The van der Waals surface area contributed by atoms with Crippen LogP contribution in [0.2, 0.25) is 0 Å². The molecule has 1 N–H and O–H groups in total. The van der Waals surface area contributed by atoms with Crippen LogP contribution in [-0.4, -0.2) is 21.3 Å². The van der Waals surface area contributed by atoms with E-state index in [1.54, 1.807) is 12.5 Å². The summed E-state index contributed by atoms with van der Waals surface area (Å²) in [5, 5.41) is 18.5. The zero-order valence-electron chi connectivity index (χ0n) is 11.0. The fourth-order valence-electron chi connectivity index (χ4n) is 2.27. The van der Waals surface area contributed by atoms with E-state index in [4.69, 9.17) is 5.11 Å². The molecule has 2 aromatic rings. The number of aromatic nitrogens is 2. The highest BCUT2D eigenvalue weighted by molar-refractivity contribution is 9.10. The standard InChI is InChI=1S/C15H15BrN3O/c1-11-7-12(13(9-17)14(16)8-11)15(3-2-6-20)19-5-4-18-10-19/h4-5,7-8,10,15,20H,1-3,6H2. The molecule has 1 unspecified atom stereocenters. The number of hydrogen-bond acceptors (Lipinski definition) is 3. The van der Waals surface area contributed by atoms with Crippen LogP contribution in [-0.2, 0) is 0 Å². The van der Waals surface area contributed by atoms with E-state index in [1.807, 2.05) is 22.9 Å². The van der Waals surface area contributed by atoms with Crippen molar-refractivity contribution >= 4 is 15.9 Å². The van der Waals surface area contributed by atoms with E-state index in [0.717, 1.165) is 22.0 Å². The fraction of sp³-hybridized carbons (Fsp3) is 0.267. The van der Waals surface area contributed by atoms with Crippen molar-refractivity contribution in [2.75, 3.05) is 6.61 Å². The van der Waals surface area contributed by atoms with Gasteiger partial charge in [0.2, 0.25) is 0 Å². The van der Waals surface area contributed by atoms with Gasteiger partial charge in [-0.05, 0) is 52.9 Å². The zero-order valence-corrected chi connectivity index (χ0v) is 12.5. The Morgan fingerprint density at radius 3 is 2.90 bits per heavy atom. The van der Waals surface area contributed by atoms with E-state index >= 15 is 0 Å². The van der Waals surface area contributed by atoms with Crippen LogP contribution in [0.4, 0.5) is 0 Å². The number of nitrogens with zero attached hydrogens (tertiary/aromatic N) is 3. The number of halogens is 1. The van der Waals surface area contributed by atoms with Gasteiger partial charge in [-0.1, -0.05) is 6.07 Å². The first-order chi connectivity index (χ1) is 9.67. The molecular formula is C15H15BrN3O. The minimum absolute atomic E-state index is 0.0303. The predicted molar refractivity (Wildman–Crippen MR) is 80.0 cm³/mol. The molecular weight excluding hydrogens is 318 g/mol. The summed E-state index contributed by atoms with van der Waals surface area (Å²) in [6.07, 6.45) is 6.70. The van der Waals surface area contributed by atoms with Crippen molar-refractivity contribution in [3.05, 3.63) is 58.9 Å². The van der Waals surface area contributed by atoms with Crippen molar-refractivity contribution in [1.82, 2.24) is 9.55 Å². The van der Waals surface area contributed by atoms with E-state index in [0.29, 0.717) is 12.0 Å². The van der Waals surface area contributed by atoms with E-state index < -0.39 is 0 Å². The van der Waals surface area contributed by atoms with Crippen LogP contribution in [0.15, 0.2) is 35.3 Å². The monoisotopic (exact) mass is 332 g/mol. The Labute approximate surface area is 126 Å². The number of imidazole rings is 1. The maximum absolute atomic E-state index is 9.39. The molecule has 1 radical (unpaired) electrons. The van der Waals surface area contributed by atoms with Crippen molar-refractivity contribution < 1.29 is 5.11 Å². The third kappa shape index (κ3) is 3.09. The van der Waals surface area contributed by atoms with Gasteiger partial charge in [-0.15, -0.1) is 0 Å². The van der Waals surface area contributed by atoms with E-state index in [1.165, 1.54) is 0 Å². The Hall–Kier alpha value is -1.64. The molecule has 0 aliphatic rings. The van der Waals surface area contributed by atoms with Gasteiger partial charge in [-0.2, -0.15) is 5.26 Å². The number of aliphatic hydroxyl groups is 1. The van der Waals surface area contributed by atoms with Crippen LogP contribution < -0.4 is 0 Å². The summed E-state index contributed by atoms with van der Waals surface area (Å²) in [6, 6.07) is 5.96. The summed E-state index contributed by atoms with van der Waals surface area (Å²) in [5.41, 5.74) is 2.35. The summed E-state index contributed by atoms with van der Waals surface area (Å²) in [5.74, 6) is 0. The molecule has 0 aliphatic heterocycles. The molecule has 5 heteroatoms. The number of nitriles is 1. The van der Waals surface area contributed by atoms with Gasteiger partial charge in [0.05, 0.1) is 17.9 Å². The minimum atomic E-state index is -0.0303. The van der Waals surface area contributed by atoms with Crippen molar-refractivity contribution in [2.45, 2.75) is 18.9 Å². The second-order valence-corrected chi connectivity index (χ2v) is 5.40. The Kier molecular flexibility index (Phi) is 4.94. The van der Waals surface area contributed by atoms with E-state index in [-0.39, 0.29) is 12.6 Å². The van der Waals surface area contributed by atoms with Crippen LogP contribution >= 0.6 is 15.9 Å². The summed E-state index contributed by atoms with van der Waals surface area (Å²) < 4.78 is 2.70. The predicted octanol–water partition coefficient (Wildman–Crippen LogP) is 3.06. The Bertz CT molecular complexity index is 617. The molecule has 1 aromatic carbocycles. The van der Waals surface area contributed by atoms with Crippen molar-refractivity contribution in [1.29, 1.82) is 5.26 Å². The van der Waals surface area contributed by atoms with Crippen LogP contribution in [0.1, 0.15) is 35.6 Å². The molecule has 0 saturated carbocycles. The average molecular weight is 333 g/mol. The summed E-state index contributed by atoms with van der Waals surface area (Å²) in [7, 11) is 0. The molecule has 1 atom stereocenters. The Morgan fingerprint density at radius 2 is 2.30 bits per heavy atom. The lowest BCUT2D eigenvalue weighted by Gasteiger charge is -2.21. The second-order valence-electron chi connectivity index (χ2n) is 4.55. The maximum atomic E-state index is 9.39. The number of benzene rings is 1. The average Bonchev–Trinajstić information content (AvgIpc) is 2.92. The lowest BCUT2D eigenvalue weighted by Crippen LogP contribution is -2.12. The molecule has 1 aromatic heterocycles. The van der Waals surface area contributed by atoms with Crippen LogP contribution in [0.3, 0.4) is 0 Å². The van der Waals surface area contributed by atoms with Gasteiger partial charge in [-0.3, -0.25) is 0 Å². The Balaban J connectivity index is 2.51. The fourth-order valence-corrected chi connectivity index (χ4v) is 2.88. The summed E-state index contributed by atoms with van der Waals surface area (Å²) in [6.45, 7) is 4.07. The topological polar surface area (TPSA) is 61.8 Å². The maximum Gasteiger partial charge on any atom is 0.101 e. The molecule has 0 bridgehead atoms. The highest BCUT2D eigenvalue weighted by Crippen LogP contribution is 2.31. The zero-order chi connectivity index (χ0) is 14.5. The normalized spacial score (nSPS) is 12.1. The quantitative estimate of drug-likeness (QED) is 0.915. The lowest BCUT2D eigenvalue weighted by atomic mass is 9.95. The van der Waals surface area contributed by atoms with Gasteiger partial charge in [-0.25, -0.2) is 4.98 Å². The molecule has 0 fully saturated rings. The molecule has 2 rings (SSSR count). The van der Waals surface area contributed by atoms with Gasteiger partial charge in [0.1, 0.15) is 6.07 Å². The molecule has 4 nitrogen and oxygen atoms in total. The van der Waals surface area contributed by atoms with Gasteiger partial charge in [0, 0.05) is 23.5 Å². The van der Waals surface area contributed by atoms with Crippen molar-refractivity contribution in [3.8, 4) is 6.07 Å². The largest absolute Gasteiger partial charge is 0.396 e. The van der Waals surface area contributed by atoms with Gasteiger partial charge in [0.25, 0.3) is 0 Å². The SMILES string of the molecule is [CH2]c1cc(Br)c(C#N)c(C(CCCO)n2ccnc2)c1. The third-order valence-corrected chi connectivity index (χ3v) is 3.80. The van der Waals surface area contributed by atoms with Gasteiger partial charge in [0.15, 0.2) is 0 Å². The van der Waals surface area contributed by atoms with Crippen LogP contribution in [0.5, 0.6) is 0 Å². The minimum Gasteiger partial charge on any atom is -0.396 e. The lowest BCUT2D eigenvalue weighted by molar-refractivity contribution is 0.276. The molecule has 1 heterocycles. The summed E-state index contributed by atoms with van der Waals surface area (Å²) >= 11 is 3.42. The number of hydrogen-bond donors (Lipinski definition) is 1. The molecule has 0 amide bonds. The van der Waals surface area contributed by atoms with E-state index in [9.17, 15) is 5.26 Å². The third-order valence-electron chi connectivity index (χ3n) is 3.17. The first-order valence-corrected chi connectivity index (χ1v) is 7.10. The first-order valence-electron chi connectivity index (χ1n) is 6.31. The van der Waals surface area contributed by atoms with Gasteiger partial charge >= 0.3 is 0 Å². The highest BCUT2D eigenvalue weighted by Gasteiger charge is 2.19. The molecule has 0 saturated heterocycles. The first kappa shape index (κ1) is 14.8.